The molecular weight excluding hydrogens is 424 g/mol. The van der Waals surface area contributed by atoms with Crippen molar-refractivity contribution in [3.8, 4) is 11.5 Å². The smallest absolute Gasteiger partial charge is 0.308 e. The SMILES string of the molecule is COc1cc(C)ccc1OCC(=O)N1CCNC(=O)C1CC(=O)OCCCc1ccccc1. The van der Waals surface area contributed by atoms with Crippen molar-refractivity contribution in [1.82, 2.24) is 10.2 Å². The van der Waals surface area contributed by atoms with Crippen molar-refractivity contribution in [3.05, 3.63) is 59.7 Å². The number of carbonyl (C=O) groups is 3. The first kappa shape index (κ1) is 24.1. The first-order valence-corrected chi connectivity index (χ1v) is 11.0. The summed E-state index contributed by atoms with van der Waals surface area (Å²) < 4.78 is 16.2. The summed E-state index contributed by atoms with van der Waals surface area (Å²) in [7, 11) is 1.53. The van der Waals surface area contributed by atoms with Crippen LogP contribution in [0.3, 0.4) is 0 Å². The summed E-state index contributed by atoms with van der Waals surface area (Å²) in [6.45, 7) is 2.53. The third-order valence-electron chi connectivity index (χ3n) is 5.40. The van der Waals surface area contributed by atoms with Gasteiger partial charge in [0, 0.05) is 13.1 Å². The van der Waals surface area contributed by atoms with Crippen molar-refractivity contribution < 1.29 is 28.6 Å². The predicted octanol–water partition coefficient (Wildman–Crippen LogP) is 2.28. The van der Waals surface area contributed by atoms with Crippen LogP contribution < -0.4 is 14.8 Å². The summed E-state index contributed by atoms with van der Waals surface area (Å²) in [6.07, 6.45) is 1.28. The molecular formula is C25H30N2O6. The number of hydrogen-bond donors (Lipinski definition) is 1. The molecule has 1 heterocycles. The molecule has 0 aromatic heterocycles. The predicted molar refractivity (Wildman–Crippen MR) is 122 cm³/mol. The molecule has 1 unspecified atom stereocenters. The average Bonchev–Trinajstić information content (AvgIpc) is 2.82. The van der Waals surface area contributed by atoms with Crippen LogP contribution in [-0.2, 0) is 25.5 Å². The van der Waals surface area contributed by atoms with E-state index < -0.39 is 12.0 Å². The van der Waals surface area contributed by atoms with Crippen LogP contribution in [-0.4, -0.2) is 62.1 Å². The van der Waals surface area contributed by atoms with Gasteiger partial charge in [-0.25, -0.2) is 0 Å². The Bertz CT molecular complexity index is 963. The first-order valence-electron chi connectivity index (χ1n) is 11.0. The van der Waals surface area contributed by atoms with Gasteiger partial charge in [-0.3, -0.25) is 14.4 Å². The molecule has 1 fully saturated rings. The maximum atomic E-state index is 12.8. The van der Waals surface area contributed by atoms with E-state index in [9.17, 15) is 14.4 Å². The lowest BCUT2D eigenvalue weighted by Crippen LogP contribution is -2.58. The van der Waals surface area contributed by atoms with Gasteiger partial charge in [0.25, 0.3) is 5.91 Å². The van der Waals surface area contributed by atoms with Gasteiger partial charge in [0.1, 0.15) is 6.04 Å². The number of nitrogens with one attached hydrogen (secondary N) is 1. The number of amides is 2. The lowest BCUT2D eigenvalue weighted by Gasteiger charge is -2.34. The average molecular weight is 455 g/mol. The van der Waals surface area contributed by atoms with E-state index in [0.717, 1.165) is 12.0 Å². The summed E-state index contributed by atoms with van der Waals surface area (Å²) in [5.74, 6) is -0.302. The Hall–Kier alpha value is -3.55. The largest absolute Gasteiger partial charge is 0.493 e. The maximum absolute atomic E-state index is 12.8. The van der Waals surface area contributed by atoms with Gasteiger partial charge in [0.15, 0.2) is 18.1 Å². The number of aryl methyl sites for hydroxylation is 2. The lowest BCUT2D eigenvalue weighted by molar-refractivity contribution is -0.152. The Morgan fingerprint density at radius 1 is 1.12 bits per heavy atom. The minimum absolute atomic E-state index is 0.198. The van der Waals surface area contributed by atoms with Gasteiger partial charge in [-0.2, -0.15) is 0 Å². The Morgan fingerprint density at radius 2 is 1.91 bits per heavy atom. The standard InChI is InChI=1S/C25H30N2O6/c1-18-10-11-21(22(15-18)31-2)33-17-23(28)27-13-12-26-25(30)20(27)16-24(29)32-14-6-9-19-7-4-3-5-8-19/h3-5,7-8,10-11,15,20H,6,9,12-14,16-17H2,1-2H3,(H,26,30). The maximum Gasteiger partial charge on any atom is 0.308 e. The van der Waals surface area contributed by atoms with Crippen molar-refractivity contribution in [1.29, 1.82) is 0 Å². The fraction of sp³-hybridized carbons (Fsp3) is 0.400. The van der Waals surface area contributed by atoms with Gasteiger partial charge in [0.05, 0.1) is 20.1 Å². The van der Waals surface area contributed by atoms with Crippen molar-refractivity contribution in [2.45, 2.75) is 32.2 Å². The van der Waals surface area contributed by atoms with E-state index in [4.69, 9.17) is 14.2 Å². The summed E-state index contributed by atoms with van der Waals surface area (Å²) >= 11 is 0. The molecule has 0 bridgehead atoms. The second-order valence-corrected chi connectivity index (χ2v) is 7.85. The molecule has 0 saturated carbocycles. The molecule has 3 rings (SSSR count). The minimum Gasteiger partial charge on any atom is -0.493 e. The van der Waals surface area contributed by atoms with E-state index in [1.54, 1.807) is 6.07 Å². The molecule has 0 radical (unpaired) electrons. The van der Waals surface area contributed by atoms with E-state index in [1.165, 1.54) is 17.6 Å². The van der Waals surface area contributed by atoms with Gasteiger partial charge < -0.3 is 24.4 Å². The number of piperazine rings is 1. The van der Waals surface area contributed by atoms with E-state index >= 15 is 0 Å². The van der Waals surface area contributed by atoms with Crippen LogP contribution in [0.25, 0.3) is 0 Å². The summed E-state index contributed by atoms with van der Waals surface area (Å²) in [5.41, 5.74) is 2.17. The number of methoxy groups -OCH3 is 1. The normalized spacial score (nSPS) is 15.5. The van der Waals surface area contributed by atoms with E-state index in [0.29, 0.717) is 31.0 Å². The van der Waals surface area contributed by atoms with Gasteiger partial charge in [0.2, 0.25) is 5.91 Å². The fourth-order valence-corrected chi connectivity index (χ4v) is 3.66. The van der Waals surface area contributed by atoms with E-state index in [1.807, 2.05) is 49.4 Å². The molecule has 1 N–H and O–H groups in total. The van der Waals surface area contributed by atoms with Crippen molar-refractivity contribution in [2.24, 2.45) is 0 Å². The van der Waals surface area contributed by atoms with Gasteiger partial charge in [-0.1, -0.05) is 36.4 Å². The highest BCUT2D eigenvalue weighted by Crippen LogP contribution is 2.27. The molecule has 0 aliphatic carbocycles. The summed E-state index contributed by atoms with van der Waals surface area (Å²) in [6, 6.07) is 14.4. The van der Waals surface area contributed by atoms with E-state index in [-0.39, 0.29) is 31.4 Å². The zero-order chi connectivity index (χ0) is 23.6. The van der Waals surface area contributed by atoms with E-state index in [2.05, 4.69) is 5.32 Å². The molecule has 1 aliphatic heterocycles. The second-order valence-electron chi connectivity index (χ2n) is 7.85. The highest BCUT2D eigenvalue weighted by molar-refractivity contribution is 5.92. The second kappa shape index (κ2) is 11.9. The molecule has 2 aromatic carbocycles. The van der Waals surface area contributed by atoms with Gasteiger partial charge in [-0.15, -0.1) is 0 Å². The number of nitrogens with zero attached hydrogens (tertiary/aromatic N) is 1. The van der Waals surface area contributed by atoms with Crippen molar-refractivity contribution in [2.75, 3.05) is 33.4 Å². The highest BCUT2D eigenvalue weighted by Gasteiger charge is 2.35. The van der Waals surface area contributed by atoms with Crippen LogP contribution in [0.2, 0.25) is 0 Å². The third-order valence-corrected chi connectivity index (χ3v) is 5.40. The number of esters is 1. The number of rotatable bonds is 10. The molecule has 176 valence electrons. The fourth-order valence-electron chi connectivity index (χ4n) is 3.66. The molecule has 33 heavy (non-hydrogen) atoms. The van der Waals surface area contributed by atoms with Crippen LogP contribution >= 0.6 is 0 Å². The summed E-state index contributed by atoms with van der Waals surface area (Å²) in [4.78, 5) is 38.9. The molecule has 1 aliphatic rings. The minimum atomic E-state index is -0.920. The zero-order valence-electron chi connectivity index (χ0n) is 19.0. The van der Waals surface area contributed by atoms with Crippen LogP contribution in [0.4, 0.5) is 0 Å². The first-order chi connectivity index (χ1) is 16.0. The van der Waals surface area contributed by atoms with Gasteiger partial charge >= 0.3 is 5.97 Å². The quantitative estimate of drug-likeness (QED) is 0.437. The van der Waals surface area contributed by atoms with Crippen molar-refractivity contribution >= 4 is 17.8 Å². The number of hydrogen-bond acceptors (Lipinski definition) is 6. The summed E-state index contributed by atoms with van der Waals surface area (Å²) in [5, 5.41) is 2.71. The Morgan fingerprint density at radius 3 is 2.67 bits per heavy atom. The lowest BCUT2D eigenvalue weighted by atomic mass is 10.1. The van der Waals surface area contributed by atoms with Crippen LogP contribution in [0.15, 0.2) is 48.5 Å². The monoisotopic (exact) mass is 454 g/mol. The van der Waals surface area contributed by atoms with Crippen LogP contribution in [0.1, 0.15) is 24.0 Å². The Balaban J connectivity index is 1.51. The number of ether oxygens (including phenoxy) is 3. The van der Waals surface area contributed by atoms with Crippen LogP contribution in [0, 0.1) is 6.92 Å². The molecule has 2 aromatic rings. The topological polar surface area (TPSA) is 94.2 Å². The molecule has 1 saturated heterocycles. The molecule has 1 atom stereocenters. The Kier molecular flexibility index (Phi) is 8.69. The molecule has 2 amide bonds. The molecule has 8 heteroatoms. The molecule has 8 nitrogen and oxygen atoms in total. The van der Waals surface area contributed by atoms with Crippen LogP contribution in [0.5, 0.6) is 11.5 Å². The highest BCUT2D eigenvalue weighted by atomic mass is 16.5. The van der Waals surface area contributed by atoms with Crippen molar-refractivity contribution in [3.63, 3.8) is 0 Å². The number of benzene rings is 2. The molecule has 0 spiro atoms. The Labute approximate surface area is 193 Å². The number of carbonyl (C=O) groups excluding carboxylic acids is 3. The zero-order valence-corrected chi connectivity index (χ0v) is 19.0. The third kappa shape index (κ3) is 6.97. The van der Waals surface area contributed by atoms with Gasteiger partial charge in [-0.05, 0) is 43.0 Å².